The molecule has 2 rings (SSSR count). The molecule has 0 spiro atoms. The van der Waals surface area contributed by atoms with Gasteiger partial charge in [0.05, 0.1) is 0 Å². The summed E-state index contributed by atoms with van der Waals surface area (Å²) in [6, 6.07) is 8.92. The first-order valence-electron chi connectivity index (χ1n) is 5.30. The topological polar surface area (TPSA) is 12.0 Å². The maximum atomic E-state index is 3.46. The van der Waals surface area contributed by atoms with Crippen molar-refractivity contribution in [2.45, 2.75) is 19.3 Å². The third-order valence-corrected chi connectivity index (χ3v) is 3.56. The monoisotopic (exact) mass is 301 g/mol. The molecular formula is C12H16IN. The average molecular weight is 301 g/mol. The molecule has 14 heavy (non-hydrogen) atoms. The molecule has 1 aromatic rings. The van der Waals surface area contributed by atoms with Crippen molar-refractivity contribution in [1.82, 2.24) is 5.32 Å². The Bertz CT molecular complexity index is 275. The van der Waals surface area contributed by atoms with Gasteiger partial charge in [0.15, 0.2) is 0 Å². The molecule has 1 nitrogen and oxygen atoms in total. The molecule has 0 saturated carbocycles. The van der Waals surface area contributed by atoms with E-state index in [0.717, 1.165) is 5.92 Å². The summed E-state index contributed by atoms with van der Waals surface area (Å²) in [5.41, 5.74) is 1.49. The molecule has 1 aliphatic rings. The normalized spacial score (nSPS) is 22.2. The largest absolute Gasteiger partial charge is 0.316 e. The van der Waals surface area contributed by atoms with Crippen LogP contribution in [-0.4, -0.2) is 13.1 Å². The van der Waals surface area contributed by atoms with Crippen LogP contribution in [0.1, 0.15) is 18.4 Å². The third-order valence-electron chi connectivity index (χ3n) is 2.84. The first-order valence-corrected chi connectivity index (χ1v) is 6.37. The van der Waals surface area contributed by atoms with E-state index < -0.39 is 0 Å². The number of nitrogens with one attached hydrogen (secondary N) is 1. The molecule has 1 aromatic carbocycles. The predicted molar refractivity (Wildman–Crippen MR) is 68.5 cm³/mol. The summed E-state index contributed by atoms with van der Waals surface area (Å²) in [6.45, 7) is 2.41. The van der Waals surface area contributed by atoms with Crippen molar-refractivity contribution in [1.29, 1.82) is 0 Å². The van der Waals surface area contributed by atoms with Crippen molar-refractivity contribution in [2.24, 2.45) is 5.92 Å². The number of halogens is 1. The highest BCUT2D eigenvalue weighted by atomic mass is 127. The Morgan fingerprint density at radius 3 is 2.71 bits per heavy atom. The molecule has 1 N–H and O–H groups in total. The van der Waals surface area contributed by atoms with E-state index in [1.807, 2.05) is 0 Å². The van der Waals surface area contributed by atoms with E-state index in [-0.39, 0.29) is 0 Å². The minimum atomic E-state index is 0.851. The Morgan fingerprint density at radius 2 is 2.07 bits per heavy atom. The van der Waals surface area contributed by atoms with Crippen LogP contribution in [0.5, 0.6) is 0 Å². The maximum absolute atomic E-state index is 3.46. The van der Waals surface area contributed by atoms with Gasteiger partial charge in [-0.1, -0.05) is 12.1 Å². The molecule has 0 radical (unpaired) electrons. The SMILES string of the molecule is Ic1ccc(CC2CCCNC2)cc1. The number of benzene rings is 1. The molecule has 1 atom stereocenters. The van der Waals surface area contributed by atoms with Gasteiger partial charge < -0.3 is 5.32 Å². The second-order valence-electron chi connectivity index (χ2n) is 4.04. The van der Waals surface area contributed by atoms with Crippen LogP contribution < -0.4 is 5.32 Å². The lowest BCUT2D eigenvalue weighted by Crippen LogP contribution is -2.30. The second-order valence-corrected chi connectivity index (χ2v) is 5.29. The van der Waals surface area contributed by atoms with Gasteiger partial charge in [-0.3, -0.25) is 0 Å². The highest BCUT2D eigenvalue weighted by Crippen LogP contribution is 2.17. The van der Waals surface area contributed by atoms with E-state index in [0.29, 0.717) is 0 Å². The van der Waals surface area contributed by atoms with E-state index in [2.05, 4.69) is 52.2 Å². The molecule has 0 aromatic heterocycles. The molecule has 1 heterocycles. The van der Waals surface area contributed by atoms with Crippen LogP contribution in [-0.2, 0) is 6.42 Å². The molecule has 0 aliphatic carbocycles. The molecule has 1 unspecified atom stereocenters. The molecule has 0 amide bonds. The van der Waals surface area contributed by atoms with Gasteiger partial charge in [-0.2, -0.15) is 0 Å². The Labute approximate surface area is 99.4 Å². The van der Waals surface area contributed by atoms with Crippen molar-refractivity contribution in [3.8, 4) is 0 Å². The van der Waals surface area contributed by atoms with E-state index in [1.165, 1.54) is 41.5 Å². The van der Waals surface area contributed by atoms with Crippen LogP contribution >= 0.6 is 22.6 Å². The van der Waals surface area contributed by atoms with Gasteiger partial charge in [-0.25, -0.2) is 0 Å². The lowest BCUT2D eigenvalue weighted by atomic mass is 9.92. The van der Waals surface area contributed by atoms with Crippen LogP contribution in [0.4, 0.5) is 0 Å². The quantitative estimate of drug-likeness (QED) is 0.828. The Balaban J connectivity index is 1.92. The highest BCUT2D eigenvalue weighted by Gasteiger charge is 2.12. The Kier molecular flexibility index (Phi) is 3.81. The number of hydrogen-bond donors (Lipinski definition) is 1. The predicted octanol–water partition coefficient (Wildman–Crippen LogP) is 2.83. The van der Waals surface area contributed by atoms with E-state index >= 15 is 0 Å². The number of piperidine rings is 1. The lowest BCUT2D eigenvalue weighted by molar-refractivity contribution is 0.376. The van der Waals surface area contributed by atoms with Gasteiger partial charge >= 0.3 is 0 Å². The van der Waals surface area contributed by atoms with Crippen molar-refractivity contribution in [3.05, 3.63) is 33.4 Å². The Morgan fingerprint density at radius 1 is 1.29 bits per heavy atom. The standard InChI is InChI=1S/C12H16IN/c13-12-5-3-10(4-6-12)8-11-2-1-7-14-9-11/h3-6,11,14H,1-2,7-9H2. The van der Waals surface area contributed by atoms with E-state index in [1.54, 1.807) is 0 Å². The molecule has 1 saturated heterocycles. The van der Waals surface area contributed by atoms with Crippen molar-refractivity contribution < 1.29 is 0 Å². The zero-order chi connectivity index (χ0) is 9.80. The summed E-state index contributed by atoms with van der Waals surface area (Å²) in [4.78, 5) is 0. The summed E-state index contributed by atoms with van der Waals surface area (Å²) in [6.07, 6.45) is 3.97. The van der Waals surface area contributed by atoms with Gasteiger partial charge in [0, 0.05) is 3.57 Å². The van der Waals surface area contributed by atoms with Crippen LogP contribution in [0.15, 0.2) is 24.3 Å². The van der Waals surface area contributed by atoms with Crippen molar-refractivity contribution in [2.75, 3.05) is 13.1 Å². The first kappa shape index (κ1) is 10.4. The fourth-order valence-electron chi connectivity index (χ4n) is 2.05. The summed E-state index contributed by atoms with van der Waals surface area (Å²) in [7, 11) is 0. The van der Waals surface area contributed by atoms with Gasteiger partial charge in [0.25, 0.3) is 0 Å². The minimum Gasteiger partial charge on any atom is -0.316 e. The molecule has 1 fully saturated rings. The molecule has 0 bridgehead atoms. The number of hydrogen-bond acceptors (Lipinski definition) is 1. The first-order chi connectivity index (χ1) is 6.84. The zero-order valence-corrected chi connectivity index (χ0v) is 10.5. The van der Waals surface area contributed by atoms with Crippen LogP contribution in [0.25, 0.3) is 0 Å². The summed E-state index contributed by atoms with van der Waals surface area (Å²) < 4.78 is 1.33. The molecule has 2 heteroatoms. The third kappa shape index (κ3) is 2.95. The van der Waals surface area contributed by atoms with Crippen molar-refractivity contribution in [3.63, 3.8) is 0 Å². The summed E-state index contributed by atoms with van der Waals surface area (Å²) in [5, 5.41) is 3.46. The zero-order valence-electron chi connectivity index (χ0n) is 8.30. The van der Waals surface area contributed by atoms with Gasteiger partial charge in [0.1, 0.15) is 0 Å². The highest BCUT2D eigenvalue weighted by molar-refractivity contribution is 14.1. The van der Waals surface area contributed by atoms with Gasteiger partial charge in [-0.15, -0.1) is 0 Å². The average Bonchev–Trinajstić information content (AvgIpc) is 2.23. The molecule has 1 aliphatic heterocycles. The van der Waals surface area contributed by atoms with Crippen LogP contribution in [0, 0.1) is 9.49 Å². The van der Waals surface area contributed by atoms with Crippen LogP contribution in [0.3, 0.4) is 0 Å². The van der Waals surface area contributed by atoms with Crippen LogP contribution in [0.2, 0.25) is 0 Å². The molecular weight excluding hydrogens is 285 g/mol. The fourth-order valence-corrected chi connectivity index (χ4v) is 2.41. The lowest BCUT2D eigenvalue weighted by Gasteiger charge is -2.22. The van der Waals surface area contributed by atoms with Crippen molar-refractivity contribution >= 4 is 22.6 Å². The van der Waals surface area contributed by atoms with E-state index in [9.17, 15) is 0 Å². The summed E-state index contributed by atoms with van der Waals surface area (Å²) >= 11 is 2.35. The Hall–Kier alpha value is -0.0900. The van der Waals surface area contributed by atoms with Gasteiger partial charge in [0.2, 0.25) is 0 Å². The van der Waals surface area contributed by atoms with E-state index in [4.69, 9.17) is 0 Å². The summed E-state index contributed by atoms with van der Waals surface area (Å²) in [5.74, 6) is 0.851. The smallest absolute Gasteiger partial charge is 0.0130 e. The van der Waals surface area contributed by atoms with Gasteiger partial charge in [-0.05, 0) is 78.6 Å². The number of rotatable bonds is 2. The minimum absolute atomic E-state index is 0.851. The fraction of sp³-hybridized carbons (Fsp3) is 0.500. The maximum Gasteiger partial charge on any atom is 0.0130 e. The molecule has 76 valence electrons. The second kappa shape index (κ2) is 5.12.